The summed E-state index contributed by atoms with van der Waals surface area (Å²) >= 11 is 1.88. The zero-order valence-corrected chi connectivity index (χ0v) is 26.9. The Balaban J connectivity index is 1.50. The van der Waals surface area contributed by atoms with E-state index in [1.807, 2.05) is 22.6 Å². The van der Waals surface area contributed by atoms with Gasteiger partial charge in [0.05, 0.1) is 16.8 Å². The molecule has 48 heavy (non-hydrogen) atoms. The summed E-state index contributed by atoms with van der Waals surface area (Å²) in [6.45, 7) is 0. The van der Waals surface area contributed by atoms with Crippen molar-refractivity contribution >= 4 is 51.8 Å². The van der Waals surface area contributed by atoms with E-state index in [9.17, 15) is 25.2 Å². The summed E-state index contributed by atoms with van der Waals surface area (Å²) in [6.07, 6.45) is -2.15. The second-order valence-corrected chi connectivity index (χ2v) is 11.2. The molecule has 1 fully saturated rings. The van der Waals surface area contributed by atoms with Crippen LogP contribution in [0.5, 0.6) is 0 Å². The first-order valence-corrected chi connectivity index (χ1v) is 15.8. The van der Waals surface area contributed by atoms with Crippen molar-refractivity contribution in [1.29, 1.82) is 5.26 Å². The molecule has 0 bridgehead atoms. The molecule has 0 aliphatic carbocycles. The fourth-order valence-corrected chi connectivity index (χ4v) is 6.11. The van der Waals surface area contributed by atoms with E-state index in [0.29, 0.717) is 5.56 Å². The highest BCUT2D eigenvalue weighted by molar-refractivity contribution is 14.1. The number of amides is 1. The maximum Gasteiger partial charge on any atom is 0.338 e. The Hall–Kier alpha value is -5.82. The van der Waals surface area contributed by atoms with Crippen molar-refractivity contribution in [2.45, 2.75) is 23.5 Å². The maximum atomic E-state index is 13.6. The van der Waals surface area contributed by atoms with Crippen LogP contribution in [0.1, 0.15) is 36.8 Å². The smallest absolute Gasteiger partial charge is 0.338 e. The maximum absolute atomic E-state index is 13.6. The number of benzene rings is 3. The zero-order chi connectivity index (χ0) is 33.7. The number of nitriles is 1. The Morgan fingerprint density at radius 3 is 2.02 bits per heavy atom. The Labute approximate surface area is 286 Å². The largest absolute Gasteiger partial charge is 0.451 e. The summed E-state index contributed by atoms with van der Waals surface area (Å²) in [5.41, 5.74) is 6.33. The fraction of sp³-hybridized carbons (Fsp3) is 0.152. The highest BCUT2D eigenvalue weighted by atomic mass is 127. The summed E-state index contributed by atoms with van der Waals surface area (Å²) in [5, 5.41) is 21.9. The molecule has 1 amide bonds. The molecule has 1 saturated heterocycles. The van der Waals surface area contributed by atoms with Crippen LogP contribution in [0.3, 0.4) is 0 Å². The molecule has 238 valence electrons. The number of carbonyl (C=O) groups excluding carboxylic acids is 3. The van der Waals surface area contributed by atoms with Crippen molar-refractivity contribution in [2.24, 2.45) is 5.11 Å². The average molecular weight is 755 g/mol. The predicted molar refractivity (Wildman–Crippen MR) is 178 cm³/mol. The van der Waals surface area contributed by atoms with Crippen molar-refractivity contribution in [1.82, 2.24) is 14.6 Å². The Morgan fingerprint density at radius 1 is 0.917 bits per heavy atom. The molecule has 1 aliphatic heterocycles. The zero-order valence-electron chi connectivity index (χ0n) is 24.7. The standard InChI is InChI=1S/C33H23IN8O6/c34-18-33(40-41-36)27(47-31(45)23-14-8-3-9-15-23)26(46-30(44)22-12-6-2-7-13-22)32(19-35,48-33)25-17-16-24-28(37-20-38-42(24)25)39-29(43)21-10-4-1-5-11-21/h1-17,20,26-27H,18H2,(H,37,38,39,43)/t26-,27+,32+,33-/m1/s1. The number of hydrogen-bond acceptors (Lipinski definition) is 10. The van der Waals surface area contributed by atoms with Crippen molar-refractivity contribution in [3.8, 4) is 6.07 Å². The molecule has 3 aromatic carbocycles. The van der Waals surface area contributed by atoms with Gasteiger partial charge in [-0.05, 0) is 54.1 Å². The molecule has 0 unspecified atom stereocenters. The van der Waals surface area contributed by atoms with Crippen LogP contribution in [0.2, 0.25) is 0 Å². The van der Waals surface area contributed by atoms with Crippen molar-refractivity contribution in [3.63, 3.8) is 0 Å². The lowest BCUT2D eigenvalue weighted by Gasteiger charge is -2.29. The average Bonchev–Trinajstić information content (AvgIpc) is 3.68. The number of rotatable bonds is 9. The van der Waals surface area contributed by atoms with Crippen LogP contribution in [0.4, 0.5) is 5.82 Å². The minimum absolute atomic E-state index is 0.0177. The van der Waals surface area contributed by atoms with Gasteiger partial charge in [0.2, 0.25) is 5.60 Å². The number of hydrogen-bond donors (Lipinski definition) is 1. The van der Waals surface area contributed by atoms with E-state index >= 15 is 0 Å². The number of alkyl halides is 1. The van der Waals surface area contributed by atoms with Gasteiger partial charge in [0, 0.05) is 14.9 Å². The SMILES string of the molecule is N#C[C@@]1(c2ccc3c(NC(=O)c4ccccc4)ncnn23)O[C@@](CI)(N=[N+]=[N-])[C@@H](OC(=O)c2ccccc2)[C@H]1OC(=O)c1ccccc1. The highest BCUT2D eigenvalue weighted by Crippen LogP contribution is 2.50. The van der Waals surface area contributed by atoms with Gasteiger partial charge in [-0.2, -0.15) is 10.4 Å². The number of anilines is 1. The molecule has 0 spiro atoms. The predicted octanol–water partition coefficient (Wildman–Crippen LogP) is 5.62. The second kappa shape index (κ2) is 13.5. The molecule has 14 nitrogen and oxygen atoms in total. The molecule has 4 atom stereocenters. The number of azide groups is 1. The molecule has 1 N–H and O–H groups in total. The molecule has 1 aliphatic rings. The third kappa shape index (κ3) is 5.79. The van der Waals surface area contributed by atoms with Crippen LogP contribution in [0.15, 0.2) is 115 Å². The number of carbonyl (C=O) groups is 3. The van der Waals surface area contributed by atoms with Gasteiger partial charge in [-0.25, -0.2) is 19.1 Å². The minimum Gasteiger partial charge on any atom is -0.451 e. The number of fused-ring (bicyclic) bond motifs is 1. The Kier molecular flexibility index (Phi) is 9.04. The Bertz CT molecular complexity index is 2090. The number of ether oxygens (including phenoxy) is 3. The lowest BCUT2D eigenvalue weighted by molar-refractivity contribution is -0.0965. The van der Waals surface area contributed by atoms with Gasteiger partial charge in [0.15, 0.2) is 23.8 Å². The molecule has 0 radical (unpaired) electrons. The lowest BCUT2D eigenvalue weighted by Crippen LogP contribution is -2.48. The molecular formula is C33H23IN8O6. The second-order valence-electron chi connectivity index (χ2n) is 10.4. The number of esters is 2. The molecular weight excluding hydrogens is 731 g/mol. The van der Waals surface area contributed by atoms with E-state index < -0.39 is 41.4 Å². The molecule has 0 saturated carbocycles. The van der Waals surface area contributed by atoms with Gasteiger partial charge in [-0.3, -0.25) is 4.79 Å². The van der Waals surface area contributed by atoms with E-state index in [4.69, 9.17) is 14.2 Å². The van der Waals surface area contributed by atoms with Gasteiger partial charge in [-0.1, -0.05) is 82.3 Å². The molecule has 6 rings (SSSR count). The van der Waals surface area contributed by atoms with E-state index in [1.54, 1.807) is 66.7 Å². The number of nitrogens with one attached hydrogen (secondary N) is 1. The first-order chi connectivity index (χ1) is 23.4. The Morgan fingerprint density at radius 2 is 1.48 bits per heavy atom. The summed E-state index contributed by atoms with van der Waals surface area (Å²) in [6, 6.07) is 29.6. The van der Waals surface area contributed by atoms with Crippen LogP contribution < -0.4 is 5.32 Å². The van der Waals surface area contributed by atoms with E-state index in [-0.39, 0.29) is 32.6 Å². The molecule has 2 aromatic heterocycles. The lowest BCUT2D eigenvalue weighted by atomic mass is 9.91. The first kappa shape index (κ1) is 32.1. The van der Waals surface area contributed by atoms with Crippen molar-refractivity contribution < 1.29 is 28.6 Å². The third-order valence-electron chi connectivity index (χ3n) is 7.62. The number of aromatic nitrogens is 3. The van der Waals surface area contributed by atoms with Crippen LogP contribution in [-0.2, 0) is 19.8 Å². The molecule has 5 aromatic rings. The summed E-state index contributed by atoms with van der Waals surface area (Å²) in [4.78, 5) is 47.2. The van der Waals surface area contributed by atoms with Crippen LogP contribution in [0, 0.1) is 11.3 Å². The van der Waals surface area contributed by atoms with Crippen molar-refractivity contribution in [3.05, 3.63) is 142 Å². The van der Waals surface area contributed by atoms with Crippen LogP contribution in [0.25, 0.3) is 16.0 Å². The topological polar surface area (TPSA) is 194 Å². The minimum atomic E-state index is -2.27. The fourth-order valence-electron chi connectivity index (χ4n) is 5.36. The number of halogens is 1. The molecule has 3 heterocycles. The van der Waals surface area contributed by atoms with Gasteiger partial charge < -0.3 is 19.5 Å². The normalized spacial score (nSPS) is 21.4. The quantitative estimate of drug-likeness (QED) is 0.0496. The number of nitrogens with zero attached hydrogens (tertiary/aromatic N) is 7. The van der Waals surface area contributed by atoms with Gasteiger partial charge >= 0.3 is 11.9 Å². The van der Waals surface area contributed by atoms with E-state index in [1.165, 1.54) is 40.9 Å². The third-order valence-corrected chi connectivity index (χ3v) is 8.71. The van der Waals surface area contributed by atoms with Crippen LogP contribution in [-0.4, -0.2) is 54.8 Å². The summed E-state index contributed by atoms with van der Waals surface area (Å²) in [5.74, 6) is -2.03. The van der Waals surface area contributed by atoms with E-state index in [2.05, 4.69) is 31.5 Å². The first-order valence-electron chi connectivity index (χ1n) is 14.3. The monoisotopic (exact) mass is 754 g/mol. The van der Waals surface area contributed by atoms with Gasteiger partial charge in [0.25, 0.3) is 5.91 Å². The van der Waals surface area contributed by atoms with Gasteiger partial charge in [0.1, 0.15) is 17.9 Å². The van der Waals surface area contributed by atoms with Crippen molar-refractivity contribution in [2.75, 3.05) is 9.74 Å². The van der Waals surface area contributed by atoms with Crippen LogP contribution >= 0.6 is 22.6 Å². The summed E-state index contributed by atoms with van der Waals surface area (Å²) < 4.78 is 19.5. The highest BCUT2D eigenvalue weighted by Gasteiger charge is 2.69. The summed E-state index contributed by atoms with van der Waals surface area (Å²) in [7, 11) is 0. The van der Waals surface area contributed by atoms with E-state index in [0.717, 1.165) is 6.33 Å². The van der Waals surface area contributed by atoms with Gasteiger partial charge in [-0.15, -0.1) is 0 Å². The molecule has 15 heteroatoms.